The lowest BCUT2D eigenvalue weighted by molar-refractivity contribution is 0.0809. The number of ether oxygens (including phenoxy) is 1. The summed E-state index contributed by atoms with van der Waals surface area (Å²) in [6.07, 6.45) is 1.11. The molecule has 0 radical (unpaired) electrons. The summed E-state index contributed by atoms with van der Waals surface area (Å²) < 4.78 is 5.35. The molecule has 0 atom stereocenters. The van der Waals surface area contributed by atoms with Crippen LogP contribution in [-0.4, -0.2) is 36.0 Å². The van der Waals surface area contributed by atoms with E-state index in [4.69, 9.17) is 16.3 Å². The molecule has 1 N–H and O–H groups in total. The van der Waals surface area contributed by atoms with Gasteiger partial charge in [-0.05, 0) is 42.7 Å². The summed E-state index contributed by atoms with van der Waals surface area (Å²) in [6, 6.07) is 16.4. The van der Waals surface area contributed by atoms with Gasteiger partial charge in [-0.15, -0.1) is 0 Å². The topological polar surface area (TPSA) is 58.6 Å². The van der Waals surface area contributed by atoms with Crippen LogP contribution in [0.25, 0.3) is 0 Å². The Balaban J connectivity index is 1.42. The minimum atomic E-state index is -0.309. The number of amides is 2. The molecule has 3 rings (SSSR count). The predicted octanol–water partition coefficient (Wildman–Crippen LogP) is 3.87. The molecule has 2 aromatic carbocycles. The number of hydrogen-bond acceptors (Lipinski definition) is 3. The number of halogens is 1. The van der Waals surface area contributed by atoms with Crippen molar-refractivity contribution in [3.8, 4) is 0 Å². The molecule has 26 heavy (non-hydrogen) atoms. The fourth-order valence-electron chi connectivity index (χ4n) is 2.89. The highest BCUT2D eigenvalue weighted by Crippen LogP contribution is 2.14. The van der Waals surface area contributed by atoms with Crippen molar-refractivity contribution in [2.75, 3.05) is 13.1 Å². The van der Waals surface area contributed by atoms with Crippen molar-refractivity contribution in [2.45, 2.75) is 25.5 Å². The van der Waals surface area contributed by atoms with E-state index in [-0.39, 0.29) is 24.6 Å². The zero-order valence-electron chi connectivity index (χ0n) is 14.4. The largest absolute Gasteiger partial charge is 0.445 e. The van der Waals surface area contributed by atoms with Crippen molar-refractivity contribution in [3.63, 3.8) is 0 Å². The number of hydrogen-bond donors (Lipinski definition) is 1. The molecule has 1 aliphatic heterocycles. The first-order valence-electron chi connectivity index (χ1n) is 8.64. The van der Waals surface area contributed by atoms with Gasteiger partial charge in [0.15, 0.2) is 0 Å². The fraction of sp³-hybridized carbons (Fsp3) is 0.300. The van der Waals surface area contributed by atoms with Crippen LogP contribution >= 0.6 is 11.6 Å². The molecule has 2 aromatic rings. The zero-order chi connectivity index (χ0) is 18.4. The van der Waals surface area contributed by atoms with Gasteiger partial charge in [-0.2, -0.15) is 0 Å². The summed E-state index contributed by atoms with van der Waals surface area (Å²) in [4.78, 5) is 26.1. The number of nitrogens with zero attached hydrogens (tertiary/aromatic N) is 1. The maximum Gasteiger partial charge on any atom is 0.410 e. The Kier molecular flexibility index (Phi) is 6.12. The normalized spacial score (nSPS) is 14.7. The van der Waals surface area contributed by atoms with Crippen molar-refractivity contribution in [1.29, 1.82) is 0 Å². The molecule has 1 saturated heterocycles. The fourth-order valence-corrected chi connectivity index (χ4v) is 3.01. The molecular weight excluding hydrogens is 352 g/mol. The first-order chi connectivity index (χ1) is 12.6. The van der Waals surface area contributed by atoms with Crippen LogP contribution in [0.5, 0.6) is 0 Å². The smallest absolute Gasteiger partial charge is 0.410 e. The van der Waals surface area contributed by atoms with Crippen LogP contribution in [0.15, 0.2) is 54.6 Å². The number of likely N-dealkylation sites (tertiary alicyclic amines) is 1. The second kappa shape index (κ2) is 8.72. The number of carbonyl (C=O) groups excluding carboxylic acids is 2. The van der Waals surface area contributed by atoms with E-state index >= 15 is 0 Å². The molecule has 0 saturated carbocycles. The highest BCUT2D eigenvalue weighted by atomic mass is 35.5. The third kappa shape index (κ3) is 4.99. The van der Waals surface area contributed by atoms with Crippen LogP contribution < -0.4 is 5.32 Å². The number of carbonyl (C=O) groups is 2. The first-order valence-corrected chi connectivity index (χ1v) is 9.01. The summed E-state index contributed by atoms with van der Waals surface area (Å²) in [6.45, 7) is 1.41. The quantitative estimate of drug-likeness (QED) is 0.886. The van der Waals surface area contributed by atoms with Crippen molar-refractivity contribution >= 4 is 23.6 Å². The molecule has 1 fully saturated rings. The van der Waals surface area contributed by atoms with Gasteiger partial charge < -0.3 is 15.0 Å². The molecular formula is C20H21ClN2O3. The Labute approximate surface area is 157 Å². The van der Waals surface area contributed by atoms with E-state index in [2.05, 4.69) is 5.32 Å². The summed E-state index contributed by atoms with van der Waals surface area (Å²) in [5.74, 6) is -0.119. The van der Waals surface area contributed by atoms with Gasteiger partial charge in [-0.25, -0.2) is 4.79 Å². The number of benzene rings is 2. The highest BCUT2D eigenvalue weighted by Gasteiger charge is 2.25. The van der Waals surface area contributed by atoms with E-state index in [1.165, 1.54) is 0 Å². The van der Waals surface area contributed by atoms with Crippen molar-refractivity contribution in [3.05, 3.63) is 70.7 Å². The van der Waals surface area contributed by atoms with Gasteiger partial charge in [-0.3, -0.25) is 4.79 Å². The summed E-state index contributed by atoms with van der Waals surface area (Å²) >= 11 is 5.84. The van der Waals surface area contributed by atoms with Gasteiger partial charge in [0.05, 0.1) is 0 Å². The Morgan fingerprint density at radius 2 is 1.69 bits per heavy atom. The second-order valence-electron chi connectivity index (χ2n) is 6.28. The van der Waals surface area contributed by atoms with E-state index in [1.54, 1.807) is 29.2 Å². The highest BCUT2D eigenvalue weighted by molar-refractivity contribution is 6.30. The SMILES string of the molecule is O=C(NC1CCN(C(=O)OCc2ccccc2)CC1)c1ccc(Cl)cc1. The average molecular weight is 373 g/mol. The van der Waals surface area contributed by atoms with Crippen LogP contribution in [0.3, 0.4) is 0 Å². The van der Waals surface area contributed by atoms with Crippen LogP contribution in [0.2, 0.25) is 5.02 Å². The number of nitrogens with one attached hydrogen (secondary N) is 1. The van der Waals surface area contributed by atoms with Crippen molar-refractivity contribution < 1.29 is 14.3 Å². The van der Waals surface area contributed by atoms with Crippen LogP contribution in [0, 0.1) is 0 Å². The molecule has 6 heteroatoms. The van der Waals surface area contributed by atoms with E-state index in [1.807, 2.05) is 30.3 Å². The van der Waals surface area contributed by atoms with E-state index < -0.39 is 0 Å². The molecule has 0 spiro atoms. The molecule has 1 aliphatic rings. The van der Waals surface area contributed by atoms with Gasteiger partial charge >= 0.3 is 6.09 Å². The van der Waals surface area contributed by atoms with Crippen molar-refractivity contribution in [2.24, 2.45) is 0 Å². The molecule has 136 valence electrons. The minimum absolute atomic E-state index is 0.0522. The Hall–Kier alpha value is -2.53. The van der Waals surface area contributed by atoms with Crippen LogP contribution in [-0.2, 0) is 11.3 Å². The zero-order valence-corrected chi connectivity index (χ0v) is 15.1. The maximum atomic E-state index is 12.2. The van der Waals surface area contributed by atoms with Crippen LogP contribution in [0.4, 0.5) is 4.79 Å². The van der Waals surface area contributed by atoms with Gasteiger partial charge in [0.25, 0.3) is 5.91 Å². The first kappa shape index (κ1) is 18.3. The van der Waals surface area contributed by atoms with Crippen LogP contribution in [0.1, 0.15) is 28.8 Å². The molecule has 1 heterocycles. The molecule has 5 nitrogen and oxygen atoms in total. The summed E-state index contributed by atoms with van der Waals surface area (Å²) in [5.41, 5.74) is 1.55. The molecule has 0 aliphatic carbocycles. The van der Waals surface area contributed by atoms with Gasteiger partial charge in [0.1, 0.15) is 6.61 Å². The summed E-state index contributed by atoms with van der Waals surface area (Å²) in [5, 5.41) is 3.61. The monoisotopic (exact) mass is 372 g/mol. The lowest BCUT2D eigenvalue weighted by Gasteiger charge is -2.31. The standard InChI is InChI=1S/C20H21ClN2O3/c21-17-8-6-16(7-9-17)19(24)22-18-10-12-23(13-11-18)20(25)26-14-15-4-2-1-3-5-15/h1-9,18H,10-14H2,(H,22,24). The Morgan fingerprint density at radius 1 is 1.04 bits per heavy atom. The predicted molar refractivity (Wildman–Crippen MR) is 100 cm³/mol. The lowest BCUT2D eigenvalue weighted by atomic mass is 10.0. The van der Waals surface area contributed by atoms with E-state index in [0.29, 0.717) is 36.5 Å². The number of rotatable bonds is 4. The third-order valence-electron chi connectivity index (χ3n) is 4.40. The molecule has 2 amide bonds. The number of piperidine rings is 1. The van der Waals surface area contributed by atoms with E-state index in [9.17, 15) is 9.59 Å². The molecule has 0 unspecified atom stereocenters. The van der Waals surface area contributed by atoms with Gasteiger partial charge in [0, 0.05) is 29.7 Å². The summed E-state index contributed by atoms with van der Waals surface area (Å²) in [7, 11) is 0. The molecule has 0 bridgehead atoms. The lowest BCUT2D eigenvalue weighted by Crippen LogP contribution is -2.46. The van der Waals surface area contributed by atoms with Gasteiger partial charge in [0.2, 0.25) is 0 Å². The van der Waals surface area contributed by atoms with E-state index in [0.717, 1.165) is 5.56 Å². The average Bonchev–Trinajstić information content (AvgIpc) is 2.68. The van der Waals surface area contributed by atoms with Crippen molar-refractivity contribution in [1.82, 2.24) is 10.2 Å². The second-order valence-corrected chi connectivity index (χ2v) is 6.72. The minimum Gasteiger partial charge on any atom is -0.445 e. The third-order valence-corrected chi connectivity index (χ3v) is 4.65. The molecule has 0 aromatic heterocycles. The Bertz CT molecular complexity index is 741. The Morgan fingerprint density at radius 3 is 2.35 bits per heavy atom. The van der Waals surface area contributed by atoms with Gasteiger partial charge in [-0.1, -0.05) is 41.9 Å². The maximum absolute atomic E-state index is 12.2.